The summed E-state index contributed by atoms with van der Waals surface area (Å²) in [6, 6.07) is 15.0. The van der Waals surface area contributed by atoms with Crippen LogP contribution in [0.4, 0.5) is 11.4 Å². The third-order valence-electron chi connectivity index (χ3n) is 4.68. The molecule has 3 aromatic rings. The monoisotopic (exact) mass is 421 g/mol. The zero-order valence-electron chi connectivity index (χ0n) is 16.1. The van der Waals surface area contributed by atoms with Crippen LogP contribution in [0.1, 0.15) is 18.2 Å². The van der Waals surface area contributed by atoms with Gasteiger partial charge in [0.25, 0.3) is 11.6 Å². The summed E-state index contributed by atoms with van der Waals surface area (Å²) in [6.07, 6.45) is 1.60. The van der Waals surface area contributed by atoms with E-state index in [0.29, 0.717) is 39.1 Å². The van der Waals surface area contributed by atoms with Crippen LogP contribution in [0, 0.1) is 17.0 Å². The van der Waals surface area contributed by atoms with Gasteiger partial charge in [0, 0.05) is 17.7 Å². The second-order valence-electron chi connectivity index (χ2n) is 6.82. The number of nitro benzene ring substituents is 1. The lowest BCUT2D eigenvalue weighted by molar-refractivity contribution is -0.384. The van der Waals surface area contributed by atoms with E-state index >= 15 is 0 Å². The quantitative estimate of drug-likeness (QED) is 0.310. The maximum absolute atomic E-state index is 12.9. The first-order chi connectivity index (χ1) is 14.3. The predicted molar refractivity (Wildman–Crippen MR) is 116 cm³/mol. The van der Waals surface area contributed by atoms with Crippen molar-refractivity contribution < 1.29 is 14.1 Å². The van der Waals surface area contributed by atoms with Crippen LogP contribution in [-0.4, -0.2) is 16.5 Å². The minimum absolute atomic E-state index is 0.0895. The number of hydrazone groups is 1. The molecule has 1 aliphatic rings. The first kappa shape index (κ1) is 19.6. The average Bonchev–Trinajstić information content (AvgIpc) is 3.29. The molecule has 7 nitrogen and oxygen atoms in total. The standard InChI is InChI=1S/C22H16ClN3O4/c1-13-3-5-15(6-4-13)25-22(27)18(14(2)24-25)12-17-8-10-21(30-17)19-11-16(26(28)29)7-9-20(19)23/h3-12H,1-2H3. The van der Waals surface area contributed by atoms with Gasteiger partial charge < -0.3 is 4.42 Å². The lowest BCUT2D eigenvalue weighted by atomic mass is 10.1. The summed E-state index contributed by atoms with van der Waals surface area (Å²) in [7, 11) is 0. The van der Waals surface area contributed by atoms with Crippen molar-refractivity contribution in [3.8, 4) is 11.3 Å². The highest BCUT2D eigenvalue weighted by atomic mass is 35.5. The largest absolute Gasteiger partial charge is 0.457 e. The van der Waals surface area contributed by atoms with Gasteiger partial charge in [-0.3, -0.25) is 14.9 Å². The summed E-state index contributed by atoms with van der Waals surface area (Å²) in [5, 5.41) is 17.1. The van der Waals surface area contributed by atoms with Gasteiger partial charge in [0.1, 0.15) is 11.5 Å². The number of nitro groups is 1. The molecule has 0 saturated carbocycles. The van der Waals surface area contributed by atoms with Gasteiger partial charge in [-0.05, 0) is 50.3 Å². The molecule has 0 unspecified atom stereocenters. The molecule has 0 fully saturated rings. The molecule has 0 radical (unpaired) electrons. The van der Waals surface area contributed by atoms with E-state index in [1.807, 2.05) is 31.2 Å². The average molecular weight is 422 g/mol. The fraction of sp³-hybridized carbons (Fsp3) is 0.0909. The smallest absolute Gasteiger partial charge is 0.280 e. The molecule has 1 aliphatic heterocycles. The minimum Gasteiger partial charge on any atom is -0.457 e. The Bertz CT molecular complexity index is 1230. The van der Waals surface area contributed by atoms with Gasteiger partial charge in [0.2, 0.25) is 0 Å². The van der Waals surface area contributed by atoms with Crippen LogP contribution in [0.3, 0.4) is 0 Å². The Labute approximate surface area is 177 Å². The third-order valence-corrected chi connectivity index (χ3v) is 5.01. The summed E-state index contributed by atoms with van der Waals surface area (Å²) < 4.78 is 5.79. The molecule has 1 amide bonds. The highest BCUT2D eigenvalue weighted by Crippen LogP contribution is 2.33. The van der Waals surface area contributed by atoms with Crippen LogP contribution in [-0.2, 0) is 4.79 Å². The summed E-state index contributed by atoms with van der Waals surface area (Å²) >= 11 is 6.18. The number of non-ortho nitro benzene ring substituents is 1. The Balaban J connectivity index is 1.64. The third kappa shape index (κ3) is 3.62. The second kappa shape index (κ2) is 7.61. The van der Waals surface area contributed by atoms with Crippen molar-refractivity contribution in [1.29, 1.82) is 0 Å². The fourth-order valence-electron chi connectivity index (χ4n) is 3.08. The molecule has 0 bridgehead atoms. The minimum atomic E-state index is -0.498. The number of hydrogen-bond acceptors (Lipinski definition) is 5. The summed E-state index contributed by atoms with van der Waals surface area (Å²) in [6.45, 7) is 3.72. The van der Waals surface area contributed by atoms with Crippen LogP contribution in [0.5, 0.6) is 0 Å². The van der Waals surface area contributed by atoms with Crippen molar-refractivity contribution in [3.05, 3.63) is 86.6 Å². The summed E-state index contributed by atoms with van der Waals surface area (Å²) in [5.74, 6) is 0.518. The summed E-state index contributed by atoms with van der Waals surface area (Å²) in [4.78, 5) is 23.4. The first-order valence-corrected chi connectivity index (χ1v) is 9.44. The Morgan fingerprint density at radius 2 is 1.83 bits per heavy atom. The van der Waals surface area contributed by atoms with Crippen LogP contribution >= 0.6 is 11.6 Å². The number of rotatable bonds is 4. The number of carbonyl (C=O) groups excluding carboxylic acids is 1. The van der Waals surface area contributed by atoms with Gasteiger partial charge in [-0.25, -0.2) is 0 Å². The van der Waals surface area contributed by atoms with E-state index in [-0.39, 0.29) is 11.6 Å². The Kier molecular flexibility index (Phi) is 4.97. The number of hydrogen-bond donors (Lipinski definition) is 0. The SMILES string of the molecule is CC1=NN(c2ccc(C)cc2)C(=O)C1=Cc1ccc(-c2cc([N+](=O)[O-])ccc2Cl)o1. The van der Waals surface area contributed by atoms with Crippen molar-refractivity contribution in [1.82, 2.24) is 0 Å². The molecule has 150 valence electrons. The maximum Gasteiger partial charge on any atom is 0.280 e. The predicted octanol–water partition coefficient (Wildman–Crippen LogP) is 5.62. The second-order valence-corrected chi connectivity index (χ2v) is 7.23. The molecule has 1 aromatic heterocycles. The zero-order valence-corrected chi connectivity index (χ0v) is 16.9. The van der Waals surface area contributed by atoms with Gasteiger partial charge in [-0.1, -0.05) is 29.3 Å². The Morgan fingerprint density at radius 3 is 2.53 bits per heavy atom. The normalized spacial score (nSPS) is 15.0. The van der Waals surface area contributed by atoms with E-state index in [2.05, 4.69) is 5.10 Å². The van der Waals surface area contributed by atoms with Crippen molar-refractivity contribution in [2.75, 3.05) is 5.01 Å². The van der Waals surface area contributed by atoms with E-state index in [1.165, 1.54) is 23.2 Å². The van der Waals surface area contributed by atoms with Gasteiger partial charge >= 0.3 is 0 Å². The van der Waals surface area contributed by atoms with Crippen LogP contribution < -0.4 is 5.01 Å². The number of amides is 1. The lowest BCUT2D eigenvalue weighted by Gasteiger charge is -2.11. The molecule has 0 aliphatic carbocycles. The Hall–Kier alpha value is -3.71. The number of halogens is 1. The van der Waals surface area contributed by atoms with Crippen molar-refractivity contribution in [2.24, 2.45) is 5.10 Å². The highest BCUT2D eigenvalue weighted by Gasteiger charge is 2.29. The fourth-order valence-corrected chi connectivity index (χ4v) is 3.29. The molecular formula is C22H16ClN3O4. The molecule has 2 aromatic carbocycles. The number of carbonyl (C=O) groups is 1. The van der Waals surface area contributed by atoms with E-state index in [4.69, 9.17) is 16.0 Å². The maximum atomic E-state index is 12.9. The van der Waals surface area contributed by atoms with Gasteiger partial charge in [-0.2, -0.15) is 10.1 Å². The van der Waals surface area contributed by atoms with Gasteiger partial charge in [0.15, 0.2) is 0 Å². The van der Waals surface area contributed by atoms with Crippen LogP contribution in [0.15, 0.2) is 69.7 Å². The Morgan fingerprint density at radius 1 is 1.10 bits per heavy atom. The van der Waals surface area contributed by atoms with Gasteiger partial charge in [0.05, 0.1) is 26.9 Å². The van der Waals surface area contributed by atoms with Crippen LogP contribution in [0.2, 0.25) is 5.02 Å². The zero-order chi connectivity index (χ0) is 21.4. The molecule has 2 heterocycles. The topological polar surface area (TPSA) is 89.0 Å². The molecule has 4 rings (SSSR count). The highest BCUT2D eigenvalue weighted by molar-refractivity contribution is 6.33. The van der Waals surface area contributed by atoms with E-state index in [9.17, 15) is 14.9 Å². The summed E-state index contributed by atoms with van der Waals surface area (Å²) in [5.41, 5.74) is 3.04. The molecule has 8 heteroatoms. The molecular weight excluding hydrogens is 406 g/mol. The van der Waals surface area contributed by atoms with E-state index in [1.54, 1.807) is 25.1 Å². The first-order valence-electron chi connectivity index (χ1n) is 9.06. The number of anilines is 1. The molecule has 0 spiro atoms. The van der Waals surface area contributed by atoms with Crippen molar-refractivity contribution in [2.45, 2.75) is 13.8 Å². The van der Waals surface area contributed by atoms with Gasteiger partial charge in [-0.15, -0.1) is 0 Å². The van der Waals surface area contributed by atoms with E-state index < -0.39 is 4.92 Å². The number of benzene rings is 2. The molecule has 0 saturated heterocycles. The number of aryl methyl sites for hydroxylation is 1. The molecule has 30 heavy (non-hydrogen) atoms. The van der Waals surface area contributed by atoms with E-state index in [0.717, 1.165) is 5.56 Å². The van der Waals surface area contributed by atoms with Crippen molar-refractivity contribution >= 4 is 40.7 Å². The number of nitrogens with zero attached hydrogens (tertiary/aromatic N) is 3. The molecule has 0 atom stereocenters. The molecule has 0 N–H and O–H groups in total. The van der Waals surface area contributed by atoms with Crippen molar-refractivity contribution in [3.63, 3.8) is 0 Å². The lowest BCUT2D eigenvalue weighted by Crippen LogP contribution is -2.21. The number of furan rings is 1. The van der Waals surface area contributed by atoms with Crippen LogP contribution in [0.25, 0.3) is 17.4 Å².